The van der Waals surface area contributed by atoms with Gasteiger partial charge in [-0.2, -0.15) is 17.0 Å². The summed E-state index contributed by atoms with van der Waals surface area (Å²) in [5.41, 5.74) is 6.98. The highest BCUT2D eigenvalue weighted by Crippen LogP contribution is 2.44. The summed E-state index contributed by atoms with van der Waals surface area (Å²) in [5, 5.41) is 10.3. The second-order valence-electron chi connectivity index (χ2n) is 6.31. The van der Waals surface area contributed by atoms with Gasteiger partial charge in [0.1, 0.15) is 16.6 Å². The maximum absolute atomic E-state index is 12.3. The summed E-state index contributed by atoms with van der Waals surface area (Å²) < 4.78 is 0.157. The number of rotatable bonds is 3. The van der Waals surface area contributed by atoms with E-state index in [1.165, 1.54) is 11.3 Å². The Morgan fingerprint density at radius 1 is 1.48 bits per heavy atom. The molecule has 0 radical (unpaired) electrons. The number of thioether (sulfide) groups is 1. The third-order valence-corrected chi connectivity index (χ3v) is 6.50. The first-order valence-electron chi connectivity index (χ1n) is 7.18. The van der Waals surface area contributed by atoms with E-state index in [0.29, 0.717) is 16.1 Å². The van der Waals surface area contributed by atoms with E-state index >= 15 is 0 Å². The summed E-state index contributed by atoms with van der Waals surface area (Å²) in [6.45, 7) is 6.20. The molecule has 112 valence electrons. The molecule has 4 nitrogen and oxygen atoms in total. The molecule has 1 saturated carbocycles. The van der Waals surface area contributed by atoms with Gasteiger partial charge < -0.3 is 10.6 Å². The van der Waals surface area contributed by atoms with E-state index in [0.717, 1.165) is 36.7 Å². The number of carbonyl (C=O) groups is 1. The number of ketones is 1. The minimum absolute atomic E-state index is 0.130. The third-order valence-electron chi connectivity index (χ3n) is 3.92. The minimum Gasteiger partial charge on any atom is -0.396 e. The maximum atomic E-state index is 12.3. The molecule has 1 aromatic rings. The third kappa shape index (κ3) is 2.77. The lowest BCUT2D eigenvalue weighted by Gasteiger charge is -2.38. The van der Waals surface area contributed by atoms with E-state index in [9.17, 15) is 10.1 Å². The van der Waals surface area contributed by atoms with Crippen molar-refractivity contribution in [3.8, 4) is 6.07 Å². The van der Waals surface area contributed by atoms with Gasteiger partial charge in [-0.1, -0.05) is 0 Å². The van der Waals surface area contributed by atoms with Gasteiger partial charge in [0.15, 0.2) is 5.78 Å². The first kappa shape index (κ1) is 14.7. The Kier molecular flexibility index (Phi) is 3.66. The number of nitrogens with zero attached hydrogens (tertiary/aromatic N) is 2. The molecule has 1 aliphatic heterocycles. The largest absolute Gasteiger partial charge is 0.396 e. The van der Waals surface area contributed by atoms with Crippen LogP contribution in [0.4, 0.5) is 10.7 Å². The minimum atomic E-state index is 0.130. The van der Waals surface area contributed by atoms with Crippen molar-refractivity contribution in [2.75, 3.05) is 29.5 Å². The van der Waals surface area contributed by atoms with Crippen molar-refractivity contribution < 1.29 is 4.79 Å². The number of hydrogen-bond acceptors (Lipinski definition) is 6. The van der Waals surface area contributed by atoms with E-state index < -0.39 is 0 Å². The smallest absolute Gasteiger partial charge is 0.178 e. The summed E-state index contributed by atoms with van der Waals surface area (Å²) in [4.78, 5) is 15.1. The van der Waals surface area contributed by atoms with Gasteiger partial charge in [-0.15, -0.1) is 11.3 Å². The average molecular weight is 321 g/mol. The highest BCUT2D eigenvalue weighted by Gasteiger charge is 2.36. The van der Waals surface area contributed by atoms with Crippen LogP contribution in [0.15, 0.2) is 0 Å². The summed E-state index contributed by atoms with van der Waals surface area (Å²) in [7, 11) is 0. The predicted molar refractivity (Wildman–Crippen MR) is 89.3 cm³/mol. The molecule has 0 aromatic carbocycles. The second kappa shape index (κ2) is 5.22. The van der Waals surface area contributed by atoms with Crippen LogP contribution in [0.1, 0.15) is 41.9 Å². The normalized spacial score (nSPS) is 21.1. The lowest BCUT2D eigenvalue weighted by Crippen LogP contribution is -2.43. The van der Waals surface area contributed by atoms with Crippen LogP contribution < -0.4 is 10.6 Å². The Labute approximate surface area is 133 Å². The van der Waals surface area contributed by atoms with Crippen LogP contribution in [0.25, 0.3) is 0 Å². The molecule has 6 heteroatoms. The van der Waals surface area contributed by atoms with Crippen LogP contribution in [-0.4, -0.2) is 29.4 Å². The highest BCUT2D eigenvalue weighted by molar-refractivity contribution is 8.00. The van der Waals surface area contributed by atoms with Crippen LogP contribution in [0.2, 0.25) is 0 Å². The highest BCUT2D eigenvalue weighted by atomic mass is 32.2. The molecular weight excluding hydrogens is 302 g/mol. The topological polar surface area (TPSA) is 70.1 Å². The fourth-order valence-corrected chi connectivity index (χ4v) is 4.99. The number of hydrogen-bond donors (Lipinski definition) is 1. The van der Waals surface area contributed by atoms with E-state index in [2.05, 4.69) is 24.8 Å². The Balaban J connectivity index is 1.96. The predicted octanol–water partition coefficient (Wildman–Crippen LogP) is 3.13. The van der Waals surface area contributed by atoms with Gasteiger partial charge in [0.05, 0.1) is 10.6 Å². The first-order valence-corrected chi connectivity index (χ1v) is 8.98. The zero-order chi connectivity index (χ0) is 15.2. The van der Waals surface area contributed by atoms with Gasteiger partial charge in [0.2, 0.25) is 0 Å². The van der Waals surface area contributed by atoms with E-state index in [1.54, 1.807) is 0 Å². The molecular formula is C15H19N3OS2. The molecule has 2 heterocycles. The van der Waals surface area contributed by atoms with Gasteiger partial charge >= 0.3 is 0 Å². The monoisotopic (exact) mass is 321 g/mol. The molecule has 1 saturated heterocycles. The van der Waals surface area contributed by atoms with Gasteiger partial charge in [-0.3, -0.25) is 4.79 Å². The lowest BCUT2D eigenvalue weighted by atomic mass is 10.1. The molecule has 0 spiro atoms. The van der Waals surface area contributed by atoms with Crippen LogP contribution in [0.3, 0.4) is 0 Å². The second-order valence-corrected chi connectivity index (χ2v) is 9.11. The van der Waals surface area contributed by atoms with Crippen molar-refractivity contribution in [3.63, 3.8) is 0 Å². The van der Waals surface area contributed by atoms with E-state index in [4.69, 9.17) is 5.73 Å². The maximum Gasteiger partial charge on any atom is 0.178 e. The molecule has 1 aromatic heterocycles. The van der Waals surface area contributed by atoms with Crippen molar-refractivity contribution in [1.29, 1.82) is 5.26 Å². The number of nitrogens with two attached hydrogens (primary N) is 1. The Morgan fingerprint density at radius 2 is 2.19 bits per heavy atom. The quantitative estimate of drug-likeness (QED) is 0.866. The zero-order valence-electron chi connectivity index (χ0n) is 12.3. The number of thiophene rings is 1. The molecule has 0 atom stereocenters. The molecule has 21 heavy (non-hydrogen) atoms. The number of carbonyl (C=O) groups excluding carboxylic acids is 1. The average Bonchev–Trinajstić information content (AvgIpc) is 3.21. The number of anilines is 2. The molecule has 0 amide bonds. The molecule has 2 aliphatic rings. The van der Waals surface area contributed by atoms with Crippen LogP contribution in [0, 0.1) is 17.2 Å². The SMILES string of the molecule is CC1(C)CN(c2sc(C(=O)C3CC3)c(N)c2C#N)CCS1. The van der Waals surface area contributed by atoms with Gasteiger partial charge in [0.25, 0.3) is 0 Å². The molecule has 0 bridgehead atoms. The molecule has 3 rings (SSSR count). The summed E-state index contributed by atoms with van der Waals surface area (Å²) in [6, 6.07) is 2.21. The summed E-state index contributed by atoms with van der Waals surface area (Å²) >= 11 is 3.36. The van der Waals surface area contributed by atoms with Crippen LogP contribution >= 0.6 is 23.1 Å². The molecule has 2 fully saturated rings. The van der Waals surface area contributed by atoms with Crippen molar-refractivity contribution in [2.45, 2.75) is 31.4 Å². The number of nitrogen functional groups attached to an aromatic ring is 1. The number of Topliss-reactive ketones (excluding diaryl/α,β-unsaturated/α-hetero) is 1. The van der Waals surface area contributed by atoms with Crippen molar-refractivity contribution >= 4 is 39.6 Å². The fourth-order valence-electron chi connectivity index (χ4n) is 2.67. The molecule has 2 N–H and O–H groups in total. The Morgan fingerprint density at radius 3 is 2.76 bits per heavy atom. The van der Waals surface area contributed by atoms with Gasteiger partial charge in [-0.25, -0.2) is 0 Å². The van der Waals surface area contributed by atoms with Crippen molar-refractivity contribution in [1.82, 2.24) is 0 Å². The van der Waals surface area contributed by atoms with Gasteiger partial charge in [-0.05, 0) is 26.7 Å². The van der Waals surface area contributed by atoms with E-state index in [1.807, 2.05) is 11.8 Å². The Hall–Kier alpha value is -1.19. The van der Waals surface area contributed by atoms with E-state index in [-0.39, 0.29) is 16.4 Å². The van der Waals surface area contributed by atoms with Crippen LogP contribution in [0.5, 0.6) is 0 Å². The Bertz CT molecular complexity index is 626. The van der Waals surface area contributed by atoms with Crippen molar-refractivity contribution in [2.24, 2.45) is 5.92 Å². The first-order chi connectivity index (χ1) is 9.93. The van der Waals surface area contributed by atoms with Crippen molar-refractivity contribution in [3.05, 3.63) is 10.4 Å². The standard InChI is InChI=1S/C15H19N3OS2/c1-15(2)8-18(5-6-20-15)14-10(7-16)11(17)13(21-14)12(19)9-3-4-9/h9H,3-6,8,17H2,1-2H3. The molecule has 1 aliphatic carbocycles. The van der Waals surface area contributed by atoms with Crippen LogP contribution in [-0.2, 0) is 0 Å². The summed E-state index contributed by atoms with van der Waals surface area (Å²) in [6.07, 6.45) is 1.92. The van der Waals surface area contributed by atoms with Gasteiger partial charge in [0, 0.05) is 29.5 Å². The number of nitriles is 1. The zero-order valence-corrected chi connectivity index (χ0v) is 13.9. The summed E-state index contributed by atoms with van der Waals surface area (Å²) in [5.74, 6) is 1.30. The molecule has 0 unspecified atom stereocenters. The lowest BCUT2D eigenvalue weighted by molar-refractivity contribution is 0.0972. The fraction of sp³-hybridized carbons (Fsp3) is 0.600.